The minimum Gasteiger partial charge on any atom is -0.371 e. The van der Waals surface area contributed by atoms with Gasteiger partial charge in [-0.2, -0.15) is 5.06 Å². The Morgan fingerprint density at radius 1 is 1.38 bits per heavy atom. The van der Waals surface area contributed by atoms with Gasteiger partial charge in [-0.3, -0.25) is 10.0 Å². The average Bonchev–Trinajstić information content (AvgIpc) is 2.15. The number of hydroxylamine groups is 2. The Kier molecular flexibility index (Phi) is 1.79. The number of amides is 1. The van der Waals surface area contributed by atoms with Crippen LogP contribution in [0, 0.1) is 0 Å². The molecule has 13 heavy (non-hydrogen) atoms. The zero-order valence-electron chi connectivity index (χ0n) is 6.84. The second-order valence-corrected chi connectivity index (χ2v) is 2.99. The molecule has 1 aliphatic rings. The number of hydrogen-bond donors (Lipinski definition) is 2. The van der Waals surface area contributed by atoms with Gasteiger partial charge in [0.05, 0.1) is 0 Å². The number of nitrogens with zero attached hydrogens (tertiary/aromatic N) is 1. The van der Waals surface area contributed by atoms with Gasteiger partial charge >= 0.3 is 0 Å². The van der Waals surface area contributed by atoms with Gasteiger partial charge in [0.15, 0.2) is 6.23 Å². The zero-order valence-corrected chi connectivity index (χ0v) is 6.84. The van der Waals surface area contributed by atoms with Crippen LogP contribution in [-0.4, -0.2) is 27.5 Å². The van der Waals surface area contributed by atoms with Crippen LogP contribution in [0.1, 0.15) is 15.9 Å². The molecular formula is C9H9NO3. The molecule has 0 aliphatic carbocycles. The molecule has 0 radical (unpaired) electrons. The van der Waals surface area contributed by atoms with Crippen molar-refractivity contribution in [2.45, 2.75) is 12.6 Å². The molecule has 1 aromatic rings. The maximum Gasteiger partial charge on any atom is 0.280 e. The highest BCUT2D eigenvalue weighted by molar-refractivity contribution is 5.96. The number of carbonyl (C=O) groups is 1. The van der Waals surface area contributed by atoms with Crippen molar-refractivity contribution in [3.8, 4) is 0 Å². The van der Waals surface area contributed by atoms with E-state index in [1.54, 1.807) is 24.3 Å². The quantitative estimate of drug-likeness (QED) is 0.566. The second kappa shape index (κ2) is 2.83. The Morgan fingerprint density at radius 2 is 2.08 bits per heavy atom. The summed E-state index contributed by atoms with van der Waals surface area (Å²) in [6, 6.07) is 6.92. The first-order valence-electron chi connectivity index (χ1n) is 3.98. The number of fused-ring (bicyclic) bond motifs is 1. The van der Waals surface area contributed by atoms with Crippen LogP contribution in [-0.2, 0) is 6.42 Å². The van der Waals surface area contributed by atoms with Crippen LogP contribution in [0.3, 0.4) is 0 Å². The van der Waals surface area contributed by atoms with E-state index in [2.05, 4.69) is 0 Å². The number of rotatable bonds is 0. The van der Waals surface area contributed by atoms with Crippen LogP contribution < -0.4 is 0 Å². The first-order valence-corrected chi connectivity index (χ1v) is 3.98. The monoisotopic (exact) mass is 179 g/mol. The lowest BCUT2D eigenvalue weighted by Crippen LogP contribution is -2.43. The van der Waals surface area contributed by atoms with Crippen molar-refractivity contribution in [2.24, 2.45) is 0 Å². The van der Waals surface area contributed by atoms with Gasteiger partial charge in [-0.1, -0.05) is 18.2 Å². The molecule has 1 aromatic carbocycles. The lowest BCUT2D eigenvalue weighted by Gasteiger charge is -2.27. The fourth-order valence-corrected chi connectivity index (χ4v) is 1.45. The minimum absolute atomic E-state index is 0.276. The molecule has 0 saturated carbocycles. The van der Waals surface area contributed by atoms with Gasteiger partial charge in [-0.05, 0) is 11.6 Å². The molecule has 1 atom stereocenters. The summed E-state index contributed by atoms with van der Waals surface area (Å²) in [5.41, 5.74) is 1.22. The zero-order chi connectivity index (χ0) is 9.42. The predicted octanol–water partition coefficient (Wildman–Crippen LogP) is 0.393. The lowest BCUT2D eigenvalue weighted by molar-refractivity contribution is -0.160. The van der Waals surface area contributed by atoms with E-state index in [-0.39, 0.29) is 6.42 Å². The van der Waals surface area contributed by atoms with Crippen LogP contribution in [0.15, 0.2) is 24.3 Å². The number of hydrogen-bond acceptors (Lipinski definition) is 3. The number of benzene rings is 1. The number of aliphatic hydroxyl groups excluding tert-OH is 1. The van der Waals surface area contributed by atoms with E-state index < -0.39 is 12.1 Å². The van der Waals surface area contributed by atoms with Crippen molar-refractivity contribution in [3.05, 3.63) is 35.4 Å². The summed E-state index contributed by atoms with van der Waals surface area (Å²) in [6.45, 7) is 0. The largest absolute Gasteiger partial charge is 0.371 e. The Bertz CT molecular complexity index is 350. The average molecular weight is 179 g/mol. The predicted molar refractivity (Wildman–Crippen MR) is 44.1 cm³/mol. The van der Waals surface area contributed by atoms with Crippen molar-refractivity contribution in [1.29, 1.82) is 0 Å². The molecule has 2 rings (SSSR count). The molecule has 0 aromatic heterocycles. The molecule has 4 nitrogen and oxygen atoms in total. The molecule has 4 heteroatoms. The molecule has 1 amide bonds. The highest BCUT2D eigenvalue weighted by Crippen LogP contribution is 2.20. The van der Waals surface area contributed by atoms with E-state index in [0.29, 0.717) is 10.6 Å². The fourth-order valence-electron chi connectivity index (χ4n) is 1.45. The van der Waals surface area contributed by atoms with E-state index in [0.717, 1.165) is 5.56 Å². The molecule has 0 bridgehead atoms. The van der Waals surface area contributed by atoms with E-state index in [9.17, 15) is 9.90 Å². The third-order valence-electron chi connectivity index (χ3n) is 2.14. The maximum absolute atomic E-state index is 11.3. The Morgan fingerprint density at radius 3 is 2.85 bits per heavy atom. The molecule has 1 heterocycles. The Balaban J connectivity index is 2.49. The fraction of sp³-hybridized carbons (Fsp3) is 0.222. The normalized spacial score (nSPS) is 21.5. The van der Waals surface area contributed by atoms with Crippen molar-refractivity contribution in [1.82, 2.24) is 5.06 Å². The summed E-state index contributed by atoms with van der Waals surface area (Å²) in [5, 5.41) is 18.7. The summed E-state index contributed by atoms with van der Waals surface area (Å²) in [6.07, 6.45) is -0.847. The second-order valence-electron chi connectivity index (χ2n) is 2.99. The van der Waals surface area contributed by atoms with E-state index in [4.69, 9.17) is 5.21 Å². The Hall–Kier alpha value is -1.39. The summed E-state index contributed by atoms with van der Waals surface area (Å²) in [4.78, 5) is 11.3. The maximum atomic E-state index is 11.3. The summed E-state index contributed by atoms with van der Waals surface area (Å²) in [7, 11) is 0. The first kappa shape index (κ1) is 8.22. The highest BCUT2D eigenvalue weighted by atomic mass is 16.5. The van der Waals surface area contributed by atoms with Crippen molar-refractivity contribution < 1.29 is 15.1 Å². The molecule has 1 aliphatic heterocycles. The summed E-state index contributed by atoms with van der Waals surface area (Å²) >= 11 is 0. The van der Waals surface area contributed by atoms with Crippen LogP contribution in [0.4, 0.5) is 0 Å². The third kappa shape index (κ3) is 1.20. The third-order valence-corrected chi connectivity index (χ3v) is 2.14. The van der Waals surface area contributed by atoms with Gasteiger partial charge in [-0.15, -0.1) is 0 Å². The van der Waals surface area contributed by atoms with E-state index in [1.165, 1.54) is 0 Å². The van der Waals surface area contributed by atoms with Crippen molar-refractivity contribution in [2.75, 3.05) is 0 Å². The molecule has 0 fully saturated rings. The van der Waals surface area contributed by atoms with Crippen molar-refractivity contribution >= 4 is 5.91 Å². The van der Waals surface area contributed by atoms with Crippen LogP contribution in [0.2, 0.25) is 0 Å². The molecular weight excluding hydrogens is 170 g/mol. The van der Waals surface area contributed by atoms with Gasteiger partial charge in [0, 0.05) is 12.0 Å². The minimum atomic E-state index is -1.12. The summed E-state index contributed by atoms with van der Waals surface area (Å²) in [5.74, 6) is -0.547. The van der Waals surface area contributed by atoms with E-state index in [1.807, 2.05) is 0 Å². The molecule has 0 spiro atoms. The Labute approximate surface area is 75.0 Å². The SMILES string of the molecule is O=C1c2ccccc2CC(O)N1O. The molecule has 0 saturated heterocycles. The van der Waals surface area contributed by atoms with Gasteiger partial charge in [0.25, 0.3) is 5.91 Å². The van der Waals surface area contributed by atoms with Crippen LogP contribution >= 0.6 is 0 Å². The number of carbonyl (C=O) groups excluding carboxylic acids is 1. The van der Waals surface area contributed by atoms with Crippen LogP contribution in [0.5, 0.6) is 0 Å². The van der Waals surface area contributed by atoms with E-state index >= 15 is 0 Å². The van der Waals surface area contributed by atoms with Gasteiger partial charge in [0.1, 0.15) is 0 Å². The standard InChI is InChI=1S/C9H9NO3/c11-8-5-6-3-1-2-4-7(6)9(12)10(8)13/h1-4,8,11,13H,5H2. The topological polar surface area (TPSA) is 60.8 Å². The van der Waals surface area contributed by atoms with Gasteiger partial charge < -0.3 is 5.11 Å². The smallest absolute Gasteiger partial charge is 0.280 e. The molecule has 2 N–H and O–H groups in total. The molecule has 1 unspecified atom stereocenters. The van der Waals surface area contributed by atoms with Crippen molar-refractivity contribution in [3.63, 3.8) is 0 Å². The molecule has 68 valence electrons. The van der Waals surface area contributed by atoms with Gasteiger partial charge in [-0.25, -0.2) is 0 Å². The highest BCUT2D eigenvalue weighted by Gasteiger charge is 2.29. The lowest BCUT2D eigenvalue weighted by atomic mass is 9.99. The first-order chi connectivity index (χ1) is 6.20. The van der Waals surface area contributed by atoms with Crippen LogP contribution in [0.25, 0.3) is 0 Å². The summed E-state index contributed by atoms with van der Waals surface area (Å²) < 4.78 is 0. The van der Waals surface area contributed by atoms with Gasteiger partial charge in [0.2, 0.25) is 0 Å². The number of aliphatic hydroxyl groups is 1.